The van der Waals surface area contributed by atoms with Crippen LogP contribution in [0.1, 0.15) is 5.56 Å². The highest BCUT2D eigenvalue weighted by Gasteiger charge is 2.52. The molecule has 1 fully saturated rings. The largest absolute Gasteiger partial charge is 0.491 e. The molecular formula is C17H14Br2O3. The van der Waals surface area contributed by atoms with E-state index in [4.69, 9.17) is 9.47 Å². The van der Waals surface area contributed by atoms with Gasteiger partial charge in [0.2, 0.25) is 0 Å². The Morgan fingerprint density at radius 3 is 2.82 bits per heavy atom. The number of halogens is 2. The monoisotopic (exact) mass is 424 g/mol. The maximum atomic E-state index is 12.2. The number of fused-ring (bicyclic) bond motifs is 1. The van der Waals surface area contributed by atoms with Crippen molar-refractivity contribution >= 4 is 43.9 Å². The van der Waals surface area contributed by atoms with Gasteiger partial charge < -0.3 is 9.47 Å². The maximum absolute atomic E-state index is 12.2. The third-order valence-corrected chi connectivity index (χ3v) is 5.90. The van der Waals surface area contributed by atoms with Crippen molar-refractivity contribution in [2.24, 2.45) is 23.7 Å². The van der Waals surface area contributed by atoms with E-state index >= 15 is 0 Å². The third kappa shape index (κ3) is 2.02. The molecule has 2 aliphatic carbocycles. The van der Waals surface area contributed by atoms with E-state index in [2.05, 4.69) is 56.2 Å². The standard InChI is InChI=1S/C17H14Br2O3/c1-21-17(20)15-11-3-2-10-12(11)5-8-4-9(18)6-14(19)16(8)22-7-13(10)15/h2-6,10-11,13,15H,7H2,1H3/b12-5-. The van der Waals surface area contributed by atoms with Crippen LogP contribution < -0.4 is 4.74 Å². The fourth-order valence-electron chi connectivity index (χ4n) is 3.95. The first kappa shape index (κ1) is 14.5. The van der Waals surface area contributed by atoms with Gasteiger partial charge in [-0.2, -0.15) is 0 Å². The minimum atomic E-state index is -0.137. The van der Waals surface area contributed by atoms with E-state index in [-0.39, 0.29) is 29.6 Å². The summed E-state index contributed by atoms with van der Waals surface area (Å²) in [5, 5.41) is 0. The van der Waals surface area contributed by atoms with Gasteiger partial charge in [-0.1, -0.05) is 39.7 Å². The van der Waals surface area contributed by atoms with Crippen molar-refractivity contribution in [3.8, 4) is 5.75 Å². The van der Waals surface area contributed by atoms with Crippen molar-refractivity contribution < 1.29 is 14.3 Å². The number of carbonyl (C=O) groups is 1. The van der Waals surface area contributed by atoms with Crippen LogP contribution in [0.25, 0.3) is 6.08 Å². The van der Waals surface area contributed by atoms with Crippen LogP contribution in [-0.2, 0) is 9.53 Å². The van der Waals surface area contributed by atoms with Crippen LogP contribution in [0.4, 0.5) is 0 Å². The van der Waals surface area contributed by atoms with Crippen molar-refractivity contribution in [3.05, 3.63) is 44.4 Å². The van der Waals surface area contributed by atoms with Crippen LogP contribution in [0.5, 0.6) is 5.75 Å². The Hall–Kier alpha value is -1.07. The van der Waals surface area contributed by atoms with Crippen molar-refractivity contribution in [1.82, 2.24) is 0 Å². The SMILES string of the molecule is COC(=O)C1C2C=CC3/C2=C/c2cc(Br)cc(Br)c2OCC31. The fraction of sp³-hybridized carbons (Fsp3) is 0.353. The molecule has 1 saturated carbocycles. The molecular weight excluding hydrogens is 412 g/mol. The van der Waals surface area contributed by atoms with Gasteiger partial charge in [0.25, 0.3) is 0 Å². The highest BCUT2D eigenvalue weighted by molar-refractivity contribution is 9.11. The van der Waals surface area contributed by atoms with Gasteiger partial charge in [-0.3, -0.25) is 4.79 Å². The van der Waals surface area contributed by atoms with Gasteiger partial charge in [0.1, 0.15) is 5.75 Å². The number of hydrogen-bond acceptors (Lipinski definition) is 3. The Balaban J connectivity index is 1.84. The van der Waals surface area contributed by atoms with Gasteiger partial charge in [0.15, 0.2) is 0 Å². The zero-order valence-electron chi connectivity index (χ0n) is 11.9. The number of methoxy groups -OCH3 is 1. The average molecular weight is 426 g/mol. The molecule has 0 radical (unpaired) electrons. The normalized spacial score (nSPS) is 33.3. The zero-order valence-corrected chi connectivity index (χ0v) is 15.1. The molecule has 0 N–H and O–H groups in total. The molecule has 1 aromatic carbocycles. The average Bonchev–Trinajstić information content (AvgIpc) is 2.99. The van der Waals surface area contributed by atoms with E-state index in [1.165, 1.54) is 12.7 Å². The molecule has 0 spiro atoms. The van der Waals surface area contributed by atoms with Gasteiger partial charge in [0, 0.05) is 27.8 Å². The smallest absolute Gasteiger partial charge is 0.310 e. The number of hydrogen-bond donors (Lipinski definition) is 0. The quantitative estimate of drug-likeness (QED) is 0.499. The Labute approximate surface area is 145 Å². The third-order valence-electron chi connectivity index (χ3n) is 4.86. The Bertz CT molecular complexity index is 723. The summed E-state index contributed by atoms with van der Waals surface area (Å²) in [6.07, 6.45) is 6.53. The van der Waals surface area contributed by atoms with Crippen molar-refractivity contribution in [3.63, 3.8) is 0 Å². The van der Waals surface area contributed by atoms with Gasteiger partial charge in [-0.15, -0.1) is 0 Å². The second kappa shape index (κ2) is 5.24. The Morgan fingerprint density at radius 1 is 1.27 bits per heavy atom. The number of allylic oxidation sites excluding steroid dienone is 3. The van der Waals surface area contributed by atoms with Crippen LogP contribution >= 0.6 is 31.9 Å². The molecule has 0 amide bonds. The van der Waals surface area contributed by atoms with Gasteiger partial charge in [0.05, 0.1) is 24.1 Å². The van der Waals surface area contributed by atoms with Crippen LogP contribution in [0, 0.1) is 23.7 Å². The highest BCUT2D eigenvalue weighted by atomic mass is 79.9. The van der Waals surface area contributed by atoms with Gasteiger partial charge in [-0.25, -0.2) is 0 Å². The van der Waals surface area contributed by atoms with E-state index in [0.29, 0.717) is 6.61 Å². The van der Waals surface area contributed by atoms with E-state index in [9.17, 15) is 4.79 Å². The molecule has 4 unspecified atom stereocenters. The first-order chi connectivity index (χ1) is 10.6. The molecule has 1 heterocycles. The Morgan fingerprint density at radius 2 is 2.05 bits per heavy atom. The first-order valence-electron chi connectivity index (χ1n) is 7.19. The van der Waals surface area contributed by atoms with Crippen LogP contribution in [0.3, 0.4) is 0 Å². The van der Waals surface area contributed by atoms with E-state index in [1.807, 2.05) is 6.07 Å². The summed E-state index contributed by atoms with van der Waals surface area (Å²) in [5.74, 6) is 1.13. The minimum absolute atomic E-state index is 0.134. The van der Waals surface area contributed by atoms with Gasteiger partial charge in [-0.05, 0) is 28.1 Å². The lowest BCUT2D eigenvalue weighted by Crippen LogP contribution is -2.32. The molecule has 0 saturated heterocycles. The molecule has 1 aliphatic heterocycles. The summed E-state index contributed by atoms with van der Waals surface area (Å²) < 4.78 is 13.0. The molecule has 3 aliphatic rings. The number of benzene rings is 1. The summed E-state index contributed by atoms with van der Waals surface area (Å²) in [6, 6.07) is 4.03. The first-order valence-corrected chi connectivity index (χ1v) is 8.78. The minimum Gasteiger partial charge on any atom is -0.491 e. The molecule has 22 heavy (non-hydrogen) atoms. The highest BCUT2D eigenvalue weighted by Crippen LogP contribution is 2.54. The van der Waals surface area contributed by atoms with Crippen molar-refractivity contribution in [1.29, 1.82) is 0 Å². The zero-order chi connectivity index (χ0) is 15.4. The van der Waals surface area contributed by atoms with Crippen molar-refractivity contribution in [2.75, 3.05) is 13.7 Å². The lowest BCUT2D eigenvalue weighted by Gasteiger charge is -2.26. The van der Waals surface area contributed by atoms with E-state index in [0.717, 1.165) is 20.3 Å². The molecule has 0 aromatic heterocycles. The molecule has 4 bridgehead atoms. The van der Waals surface area contributed by atoms with E-state index in [1.54, 1.807) is 0 Å². The summed E-state index contributed by atoms with van der Waals surface area (Å²) in [7, 11) is 1.46. The predicted molar refractivity (Wildman–Crippen MR) is 90.4 cm³/mol. The topological polar surface area (TPSA) is 35.5 Å². The van der Waals surface area contributed by atoms with Crippen molar-refractivity contribution in [2.45, 2.75) is 0 Å². The lowest BCUT2D eigenvalue weighted by molar-refractivity contribution is -0.148. The molecule has 4 atom stereocenters. The molecule has 114 valence electrons. The molecule has 4 rings (SSSR count). The summed E-state index contributed by atoms with van der Waals surface area (Å²) in [4.78, 5) is 12.2. The number of carbonyl (C=O) groups excluding carboxylic acids is 1. The Kier molecular flexibility index (Phi) is 3.46. The molecule has 5 heteroatoms. The number of ether oxygens (including phenoxy) is 2. The van der Waals surface area contributed by atoms with Crippen LogP contribution in [-0.4, -0.2) is 19.7 Å². The van der Waals surface area contributed by atoms with Gasteiger partial charge >= 0.3 is 5.97 Å². The number of rotatable bonds is 1. The second-order valence-electron chi connectivity index (χ2n) is 5.91. The summed E-state index contributed by atoms with van der Waals surface area (Å²) >= 11 is 7.09. The fourth-order valence-corrected chi connectivity index (χ4v) is 5.32. The lowest BCUT2D eigenvalue weighted by atomic mass is 9.83. The van der Waals surface area contributed by atoms with Crippen LogP contribution in [0.15, 0.2) is 38.8 Å². The summed E-state index contributed by atoms with van der Waals surface area (Å²) in [5.41, 5.74) is 2.34. The maximum Gasteiger partial charge on any atom is 0.310 e. The summed E-state index contributed by atoms with van der Waals surface area (Å²) in [6.45, 7) is 0.524. The predicted octanol–water partition coefficient (Wildman–Crippen LogP) is 4.21. The van der Waals surface area contributed by atoms with E-state index < -0.39 is 0 Å². The van der Waals surface area contributed by atoms with Crippen LogP contribution in [0.2, 0.25) is 0 Å². The number of esters is 1. The second-order valence-corrected chi connectivity index (χ2v) is 7.68. The molecule has 3 nitrogen and oxygen atoms in total. The molecule has 1 aromatic rings.